The van der Waals surface area contributed by atoms with Gasteiger partial charge < -0.3 is 20.1 Å². The number of aliphatic carboxylic acids is 1. The second-order valence-electron chi connectivity index (χ2n) is 9.93. The van der Waals surface area contributed by atoms with E-state index in [-0.39, 0.29) is 36.8 Å². The van der Waals surface area contributed by atoms with E-state index in [2.05, 4.69) is 29.6 Å². The number of carboxylic acid groups (broad SMARTS) is 1. The second-order valence-corrected chi connectivity index (χ2v) is 9.93. The minimum atomic E-state index is -0.917. The number of hydrogen-bond donors (Lipinski definition) is 2. The Bertz CT molecular complexity index is 1040. The number of likely N-dealkylation sites (tertiary alicyclic amines) is 1. The molecule has 2 aromatic rings. The van der Waals surface area contributed by atoms with Crippen molar-refractivity contribution in [2.75, 3.05) is 13.2 Å². The minimum absolute atomic E-state index is 0.0607. The van der Waals surface area contributed by atoms with Crippen LogP contribution >= 0.6 is 0 Å². The average molecular weight is 479 g/mol. The largest absolute Gasteiger partial charge is 0.481 e. The lowest BCUT2D eigenvalue weighted by Gasteiger charge is -2.37. The summed E-state index contributed by atoms with van der Waals surface area (Å²) in [7, 11) is 0. The van der Waals surface area contributed by atoms with Gasteiger partial charge in [-0.1, -0.05) is 62.4 Å². The van der Waals surface area contributed by atoms with Crippen molar-refractivity contribution in [3.05, 3.63) is 59.7 Å². The Balaban J connectivity index is 1.44. The maximum atomic E-state index is 13.4. The summed E-state index contributed by atoms with van der Waals surface area (Å²) in [5.41, 5.74) is 4.56. The SMILES string of the molecule is CC(C)CC(NC(=O)OCC1c2ccccc2-c2ccccc21)C(=O)N1CCCCC1CC(=O)O. The van der Waals surface area contributed by atoms with Gasteiger partial charge in [0.1, 0.15) is 12.6 Å². The predicted octanol–water partition coefficient (Wildman–Crippen LogP) is 4.80. The third-order valence-corrected chi connectivity index (χ3v) is 6.96. The molecule has 1 heterocycles. The standard InChI is InChI=1S/C28H34N2O5/c1-18(2)15-25(27(33)30-14-8-7-9-19(30)16-26(31)32)29-28(34)35-17-24-22-12-5-3-10-20(22)21-11-4-6-13-23(21)24/h3-6,10-13,18-19,24-25H,7-9,14-17H2,1-2H3,(H,29,34)(H,31,32). The lowest BCUT2D eigenvalue weighted by molar-refractivity contribution is -0.143. The minimum Gasteiger partial charge on any atom is -0.481 e. The van der Waals surface area contributed by atoms with Gasteiger partial charge in [0, 0.05) is 18.5 Å². The van der Waals surface area contributed by atoms with Crippen molar-refractivity contribution in [1.29, 1.82) is 0 Å². The molecule has 0 spiro atoms. The van der Waals surface area contributed by atoms with Crippen molar-refractivity contribution in [2.45, 2.75) is 64.0 Å². The highest BCUT2D eigenvalue weighted by atomic mass is 16.5. The predicted molar refractivity (Wildman–Crippen MR) is 133 cm³/mol. The molecule has 2 aromatic carbocycles. The van der Waals surface area contributed by atoms with Crippen molar-refractivity contribution < 1.29 is 24.2 Å². The lowest BCUT2D eigenvalue weighted by atomic mass is 9.96. The first-order valence-electron chi connectivity index (χ1n) is 12.5. The lowest BCUT2D eigenvalue weighted by Crippen LogP contribution is -2.54. The first-order valence-corrected chi connectivity index (χ1v) is 12.5. The number of fused-ring (bicyclic) bond motifs is 3. The molecule has 2 amide bonds. The topological polar surface area (TPSA) is 95.9 Å². The zero-order chi connectivity index (χ0) is 24.9. The van der Waals surface area contributed by atoms with E-state index < -0.39 is 18.1 Å². The number of piperidine rings is 1. The molecular weight excluding hydrogens is 444 g/mol. The summed E-state index contributed by atoms with van der Waals surface area (Å²) >= 11 is 0. The molecule has 2 N–H and O–H groups in total. The summed E-state index contributed by atoms with van der Waals surface area (Å²) in [4.78, 5) is 39.2. The normalized spacial score (nSPS) is 18.0. The molecule has 2 unspecified atom stereocenters. The van der Waals surface area contributed by atoms with E-state index in [0.29, 0.717) is 19.4 Å². The van der Waals surface area contributed by atoms with Crippen LogP contribution in [0.25, 0.3) is 11.1 Å². The molecule has 35 heavy (non-hydrogen) atoms. The zero-order valence-electron chi connectivity index (χ0n) is 20.4. The van der Waals surface area contributed by atoms with E-state index in [1.165, 1.54) is 0 Å². The third-order valence-electron chi connectivity index (χ3n) is 6.96. The van der Waals surface area contributed by atoms with Crippen LogP contribution in [-0.4, -0.2) is 53.2 Å². The number of carbonyl (C=O) groups excluding carboxylic acids is 2. The van der Waals surface area contributed by atoms with Gasteiger partial charge in [0.25, 0.3) is 0 Å². The molecule has 0 saturated carbocycles. The van der Waals surface area contributed by atoms with Gasteiger partial charge in [-0.05, 0) is 53.9 Å². The molecular formula is C28H34N2O5. The van der Waals surface area contributed by atoms with Gasteiger partial charge in [0.2, 0.25) is 5.91 Å². The molecule has 0 radical (unpaired) electrons. The number of nitrogens with zero attached hydrogens (tertiary/aromatic N) is 1. The molecule has 7 nitrogen and oxygen atoms in total. The fourth-order valence-corrected chi connectivity index (χ4v) is 5.38. The number of carbonyl (C=O) groups is 3. The number of hydrogen-bond acceptors (Lipinski definition) is 4. The highest BCUT2D eigenvalue weighted by Gasteiger charge is 2.35. The molecule has 1 fully saturated rings. The van der Waals surface area contributed by atoms with E-state index in [4.69, 9.17) is 4.74 Å². The number of carboxylic acids is 1. The molecule has 1 aliphatic carbocycles. The van der Waals surface area contributed by atoms with Gasteiger partial charge in [0.15, 0.2) is 0 Å². The maximum absolute atomic E-state index is 13.4. The van der Waals surface area contributed by atoms with Gasteiger partial charge in [0.05, 0.1) is 6.42 Å². The Morgan fingerprint density at radius 1 is 1.03 bits per heavy atom. The van der Waals surface area contributed by atoms with Crippen LogP contribution in [-0.2, 0) is 14.3 Å². The Hall–Kier alpha value is -3.35. The molecule has 4 rings (SSSR count). The van der Waals surface area contributed by atoms with Gasteiger partial charge in [-0.15, -0.1) is 0 Å². The van der Waals surface area contributed by atoms with Crippen LogP contribution in [0.3, 0.4) is 0 Å². The fourth-order valence-electron chi connectivity index (χ4n) is 5.38. The van der Waals surface area contributed by atoms with Crippen LogP contribution in [0.15, 0.2) is 48.5 Å². The van der Waals surface area contributed by atoms with E-state index in [0.717, 1.165) is 35.1 Å². The molecule has 2 aliphatic rings. The summed E-state index contributed by atoms with van der Waals surface area (Å²) in [6.07, 6.45) is 2.15. The van der Waals surface area contributed by atoms with Crippen LogP contribution in [0.5, 0.6) is 0 Å². The highest BCUT2D eigenvalue weighted by Crippen LogP contribution is 2.44. The van der Waals surface area contributed by atoms with Gasteiger partial charge in [-0.3, -0.25) is 9.59 Å². The van der Waals surface area contributed by atoms with Crippen LogP contribution < -0.4 is 5.32 Å². The van der Waals surface area contributed by atoms with Gasteiger partial charge in [-0.2, -0.15) is 0 Å². The van der Waals surface area contributed by atoms with Gasteiger partial charge >= 0.3 is 12.1 Å². The number of alkyl carbamates (subject to hydrolysis) is 1. The number of nitrogens with one attached hydrogen (secondary N) is 1. The first kappa shape index (κ1) is 24.8. The Kier molecular flexibility index (Phi) is 7.73. The van der Waals surface area contributed by atoms with Crippen LogP contribution in [0.2, 0.25) is 0 Å². The molecule has 1 saturated heterocycles. The summed E-state index contributed by atoms with van der Waals surface area (Å²) in [5.74, 6) is -1.03. The number of benzene rings is 2. The monoisotopic (exact) mass is 478 g/mol. The van der Waals surface area contributed by atoms with E-state index in [9.17, 15) is 19.5 Å². The summed E-state index contributed by atoms with van der Waals surface area (Å²) in [6, 6.07) is 15.2. The highest BCUT2D eigenvalue weighted by molar-refractivity contribution is 5.86. The molecule has 0 bridgehead atoms. The second kappa shape index (κ2) is 10.9. The van der Waals surface area contributed by atoms with Crippen molar-refractivity contribution in [3.63, 3.8) is 0 Å². The quantitative estimate of drug-likeness (QED) is 0.568. The molecule has 186 valence electrons. The smallest absolute Gasteiger partial charge is 0.407 e. The van der Waals surface area contributed by atoms with E-state index >= 15 is 0 Å². The Labute approximate surface area is 206 Å². The molecule has 1 aliphatic heterocycles. The van der Waals surface area contributed by atoms with Crippen LogP contribution in [0, 0.1) is 5.92 Å². The molecule has 7 heteroatoms. The summed E-state index contributed by atoms with van der Waals surface area (Å²) in [5, 5.41) is 12.1. The fraction of sp³-hybridized carbons (Fsp3) is 0.464. The zero-order valence-corrected chi connectivity index (χ0v) is 20.4. The molecule has 2 atom stereocenters. The number of ether oxygens (including phenoxy) is 1. The Morgan fingerprint density at radius 2 is 1.66 bits per heavy atom. The molecule has 0 aromatic heterocycles. The van der Waals surface area contributed by atoms with Crippen molar-refractivity contribution in [1.82, 2.24) is 10.2 Å². The first-order chi connectivity index (χ1) is 16.8. The van der Waals surface area contributed by atoms with E-state index in [1.54, 1.807) is 4.90 Å². The van der Waals surface area contributed by atoms with Crippen molar-refractivity contribution in [3.8, 4) is 11.1 Å². The van der Waals surface area contributed by atoms with Crippen LogP contribution in [0.4, 0.5) is 4.79 Å². The number of amides is 2. The van der Waals surface area contributed by atoms with Crippen LogP contribution in [0.1, 0.15) is 63.0 Å². The average Bonchev–Trinajstić information content (AvgIpc) is 3.15. The van der Waals surface area contributed by atoms with Crippen molar-refractivity contribution in [2.24, 2.45) is 5.92 Å². The summed E-state index contributed by atoms with van der Waals surface area (Å²) in [6.45, 7) is 4.67. The number of rotatable bonds is 8. The summed E-state index contributed by atoms with van der Waals surface area (Å²) < 4.78 is 5.67. The maximum Gasteiger partial charge on any atom is 0.407 e. The third kappa shape index (κ3) is 5.66. The Morgan fingerprint density at radius 3 is 2.26 bits per heavy atom. The van der Waals surface area contributed by atoms with Crippen molar-refractivity contribution >= 4 is 18.0 Å². The van der Waals surface area contributed by atoms with Gasteiger partial charge in [-0.25, -0.2) is 4.79 Å². The van der Waals surface area contributed by atoms with E-state index in [1.807, 2.05) is 38.1 Å².